The highest BCUT2D eigenvalue weighted by Gasteiger charge is 2.34. The molecule has 1 aliphatic heterocycles. The summed E-state index contributed by atoms with van der Waals surface area (Å²) in [7, 11) is 0. The highest BCUT2D eigenvalue weighted by Crippen LogP contribution is 2.33. The Morgan fingerprint density at radius 3 is 2.74 bits per heavy atom. The van der Waals surface area contributed by atoms with E-state index in [2.05, 4.69) is 34.1 Å². The molecule has 5 heteroatoms. The molecule has 1 atom stereocenters. The van der Waals surface area contributed by atoms with E-state index in [1.807, 2.05) is 36.1 Å². The van der Waals surface area contributed by atoms with Gasteiger partial charge in [0, 0.05) is 31.0 Å². The largest absolute Gasteiger partial charge is 0.351 e. The SMILES string of the molecule is Cc1cc(C(=O)N2CCn3cccc3C2c2ccccc2)on1. The van der Waals surface area contributed by atoms with Crippen molar-refractivity contribution in [1.29, 1.82) is 0 Å². The van der Waals surface area contributed by atoms with Crippen LogP contribution in [-0.4, -0.2) is 27.1 Å². The number of carbonyl (C=O) groups excluding carboxylic acids is 1. The maximum absolute atomic E-state index is 12.9. The molecule has 0 fully saturated rings. The first-order chi connectivity index (χ1) is 11.2. The Bertz CT molecular complexity index is 835. The molecule has 3 aromatic rings. The molecule has 23 heavy (non-hydrogen) atoms. The fourth-order valence-corrected chi connectivity index (χ4v) is 3.19. The highest BCUT2D eigenvalue weighted by atomic mass is 16.5. The van der Waals surface area contributed by atoms with Gasteiger partial charge in [0.1, 0.15) is 0 Å². The Morgan fingerprint density at radius 2 is 2.00 bits per heavy atom. The van der Waals surface area contributed by atoms with Gasteiger partial charge in [-0.05, 0) is 24.6 Å². The van der Waals surface area contributed by atoms with Crippen molar-refractivity contribution in [2.24, 2.45) is 0 Å². The van der Waals surface area contributed by atoms with E-state index < -0.39 is 0 Å². The Balaban J connectivity index is 1.78. The lowest BCUT2D eigenvalue weighted by Gasteiger charge is -2.36. The molecule has 1 amide bonds. The number of benzene rings is 1. The van der Waals surface area contributed by atoms with Crippen LogP contribution in [0.1, 0.15) is 33.5 Å². The van der Waals surface area contributed by atoms with E-state index in [1.165, 1.54) is 0 Å². The van der Waals surface area contributed by atoms with Gasteiger partial charge in [0.05, 0.1) is 11.7 Å². The van der Waals surface area contributed by atoms with E-state index in [-0.39, 0.29) is 11.9 Å². The van der Waals surface area contributed by atoms with Crippen molar-refractivity contribution in [3.8, 4) is 0 Å². The van der Waals surface area contributed by atoms with Gasteiger partial charge in [-0.2, -0.15) is 0 Å². The lowest BCUT2D eigenvalue weighted by atomic mass is 9.99. The zero-order chi connectivity index (χ0) is 15.8. The maximum atomic E-state index is 12.9. The van der Waals surface area contributed by atoms with Gasteiger partial charge in [-0.1, -0.05) is 35.5 Å². The Morgan fingerprint density at radius 1 is 1.17 bits per heavy atom. The number of hydrogen-bond donors (Lipinski definition) is 0. The lowest BCUT2D eigenvalue weighted by molar-refractivity contribution is 0.0621. The van der Waals surface area contributed by atoms with Crippen molar-refractivity contribution in [3.63, 3.8) is 0 Å². The molecule has 0 saturated heterocycles. The fraction of sp³-hybridized carbons (Fsp3) is 0.222. The van der Waals surface area contributed by atoms with Crippen LogP contribution < -0.4 is 0 Å². The number of fused-ring (bicyclic) bond motifs is 1. The van der Waals surface area contributed by atoms with Gasteiger partial charge in [0.2, 0.25) is 5.76 Å². The number of aryl methyl sites for hydroxylation is 1. The average molecular weight is 307 g/mol. The number of hydrogen-bond acceptors (Lipinski definition) is 3. The van der Waals surface area contributed by atoms with E-state index in [1.54, 1.807) is 6.07 Å². The number of nitrogens with zero attached hydrogens (tertiary/aromatic N) is 3. The normalized spacial score (nSPS) is 17.1. The lowest BCUT2D eigenvalue weighted by Crippen LogP contribution is -2.42. The first-order valence-electron chi connectivity index (χ1n) is 7.68. The minimum absolute atomic E-state index is 0.113. The first-order valence-corrected chi connectivity index (χ1v) is 7.68. The molecule has 0 N–H and O–H groups in total. The van der Waals surface area contributed by atoms with Gasteiger partial charge in [0.25, 0.3) is 5.91 Å². The number of carbonyl (C=O) groups is 1. The summed E-state index contributed by atoms with van der Waals surface area (Å²) >= 11 is 0. The molecule has 3 heterocycles. The third kappa shape index (κ3) is 2.34. The molecular formula is C18H17N3O2. The summed E-state index contributed by atoms with van der Waals surface area (Å²) in [6, 6.07) is 15.8. The van der Waals surface area contributed by atoms with E-state index in [4.69, 9.17) is 4.52 Å². The van der Waals surface area contributed by atoms with Crippen LogP contribution in [0.15, 0.2) is 59.3 Å². The Hall–Kier alpha value is -2.82. The molecule has 1 unspecified atom stereocenters. The van der Waals surface area contributed by atoms with E-state index in [0.717, 1.165) is 17.8 Å². The molecule has 0 radical (unpaired) electrons. The third-order valence-corrected chi connectivity index (χ3v) is 4.25. The molecule has 5 nitrogen and oxygen atoms in total. The van der Waals surface area contributed by atoms with Gasteiger partial charge in [-0.3, -0.25) is 4.79 Å². The molecule has 0 saturated carbocycles. The molecule has 0 spiro atoms. The van der Waals surface area contributed by atoms with Crippen molar-refractivity contribution in [1.82, 2.24) is 14.6 Å². The molecule has 116 valence electrons. The fourth-order valence-electron chi connectivity index (χ4n) is 3.19. The van der Waals surface area contributed by atoms with Crippen LogP contribution in [0.2, 0.25) is 0 Å². The van der Waals surface area contributed by atoms with E-state index in [0.29, 0.717) is 18.0 Å². The highest BCUT2D eigenvalue weighted by molar-refractivity contribution is 5.92. The topological polar surface area (TPSA) is 51.3 Å². The summed E-state index contributed by atoms with van der Waals surface area (Å²) in [6.45, 7) is 3.24. The van der Waals surface area contributed by atoms with Crippen molar-refractivity contribution in [2.45, 2.75) is 19.5 Å². The van der Waals surface area contributed by atoms with Gasteiger partial charge >= 0.3 is 0 Å². The smallest absolute Gasteiger partial charge is 0.293 e. The summed E-state index contributed by atoms with van der Waals surface area (Å²) in [4.78, 5) is 14.8. The second kappa shape index (κ2) is 5.43. The predicted molar refractivity (Wildman–Crippen MR) is 85.0 cm³/mol. The second-order valence-electron chi connectivity index (χ2n) is 5.77. The van der Waals surface area contributed by atoms with Gasteiger partial charge in [-0.25, -0.2) is 0 Å². The first kappa shape index (κ1) is 13.8. The molecular weight excluding hydrogens is 290 g/mol. The zero-order valence-electron chi connectivity index (χ0n) is 12.8. The predicted octanol–water partition coefficient (Wildman–Crippen LogP) is 3.03. The third-order valence-electron chi connectivity index (χ3n) is 4.25. The van der Waals surface area contributed by atoms with Crippen molar-refractivity contribution >= 4 is 5.91 Å². The van der Waals surface area contributed by atoms with Gasteiger partial charge in [0.15, 0.2) is 0 Å². The van der Waals surface area contributed by atoms with Crippen LogP contribution >= 0.6 is 0 Å². The van der Waals surface area contributed by atoms with Crippen LogP contribution in [0.5, 0.6) is 0 Å². The monoisotopic (exact) mass is 307 g/mol. The van der Waals surface area contributed by atoms with E-state index in [9.17, 15) is 4.79 Å². The van der Waals surface area contributed by atoms with Crippen LogP contribution in [-0.2, 0) is 6.54 Å². The second-order valence-corrected chi connectivity index (χ2v) is 5.77. The standard InChI is InChI=1S/C18H17N3O2/c1-13-12-16(23-19-13)18(22)21-11-10-20-9-5-8-15(20)17(21)14-6-3-2-4-7-14/h2-9,12,17H,10-11H2,1H3. The van der Waals surface area contributed by atoms with Crippen molar-refractivity contribution in [3.05, 3.63) is 77.4 Å². The average Bonchev–Trinajstić information content (AvgIpc) is 3.22. The number of rotatable bonds is 2. The minimum atomic E-state index is -0.119. The zero-order valence-corrected chi connectivity index (χ0v) is 12.8. The number of amides is 1. The van der Waals surface area contributed by atoms with Crippen LogP contribution in [0.4, 0.5) is 0 Å². The molecule has 1 aliphatic rings. The molecule has 2 aromatic heterocycles. The van der Waals surface area contributed by atoms with Crippen molar-refractivity contribution in [2.75, 3.05) is 6.54 Å². The summed E-state index contributed by atoms with van der Waals surface area (Å²) in [5, 5.41) is 3.84. The summed E-state index contributed by atoms with van der Waals surface area (Å²) in [5.74, 6) is 0.176. The Labute approximate surface area is 134 Å². The summed E-state index contributed by atoms with van der Waals surface area (Å²) < 4.78 is 7.39. The van der Waals surface area contributed by atoms with Crippen molar-refractivity contribution < 1.29 is 9.32 Å². The van der Waals surface area contributed by atoms with Crippen LogP contribution in [0.3, 0.4) is 0 Å². The summed E-state index contributed by atoms with van der Waals surface area (Å²) in [5.41, 5.74) is 2.92. The van der Waals surface area contributed by atoms with Gasteiger partial charge in [-0.15, -0.1) is 0 Å². The maximum Gasteiger partial charge on any atom is 0.293 e. The molecule has 0 bridgehead atoms. The quantitative estimate of drug-likeness (QED) is 0.731. The summed E-state index contributed by atoms with van der Waals surface area (Å²) in [6.07, 6.45) is 2.06. The molecule has 1 aromatic carbocycles. The molecule has 4 rings (SSSR count). The Kier molecular flexibility index (Phi) is 3.26. The molecule has 0 aliphatic carbocycles. The minimum Gasteiger partial charge on any atom is -0.351 e. The van der Waals surface area contributed by atoms with Crippen LogP contribution in [0.25, 0.3) is 0 Å². The van der Waals surface area contributed by atoms with Crippen LogP contribution in [0, 0.1) is 6.92 Å². The number of aromatic nitrogens is 2. The van der Waals surface area contributed by atoms with E-state index >= 15 is 0 Å². The van der Waals surface area contributed by atoms with Gasteiger partial charge < -0.3 is 14.0 Å².